The zero-order valence-corrected chi connectivity index (χ0v) is 14.7. The normalized spacial score (nSPS) is 13.8. The van der Waals surface area contributed by atoms with Gasteiger partial charge in [-0.2, -0.15) is 5.10 Å². The van der Waals surface area contributed by atoms with E-state index in [1.54, 1.807) is 34.4 Å². The number of oxime groups is 1. The molecule has 0 N–H and O–H groups in total. The van der Waals surface area contributed by atoms with Gasteiger partial charge in [-0.1, -0.05) is 35.5 Å². The molecule has 0 spiro atoms. The number of aromatic nitrogens is 3. The molecule has 27 heavy (non-hydrogen) atoms. The SMILES string of the molecule is O=C1c2cn(-c3cccnc3)nc2CCN1CC=NOCc1ccccc1. The summed E-state index contributed by atoms with van der Waals surface area (Å²) in [7, 11) is 0. The molecule has 3 aromatic rings. The number of pyridine rings is 1. The van der Waals surface area contributed by atoms with Crippen LogP contribution in [0.2, 0.25) is 0 Å². The number of fused-ring (bicyclic) bond motifs is 1. The third-order valence-corrected chi connectivity index (χ3v) is 4.36. The second kappa shape index (κ2) is 7.82. The molecule has 0 atom stereocenters. The van der Waals surface area contributed by atoms with Crippen molar-refractivity contribution in [3.05, 3.63) is 77.9 Å². The van der Waals surface area contributed by atoms with Gasteiger partial charge in [0, 0.05) is 25.4 Å². The van der Waals surface area contributed by atoms with Crippen LogP contribution < -0.4 is 0 Å². The predicted molar refractivity (Wildman–Crippen MR) is 101 cm³/mol. The molecule has 1 aliphatic rings. The summed E-state index contributed by atoms with van der Waals surface area (Å²) >= 11 is 0. The highest BCUT2D eigenvalue weighted by Crippen LogP contribution is 2.19. The van der Waals surface area contributed by atoms with Gasteiger partial charge in [-0.3, -0.25) is 9.78 Å². The van der Waals surface area contributed by atoms with Crippen molar-refractivity contribution in [3.8, 4) is 5.69 Å². The molecule has 136 valence electrons. The summed E-state index contributed by atoms with van der Waals surface area (Å²) in [5.74, 6) is -0.0408. The maximum atomic E-state index is 12.7. The van der Waals surface area contributed by atoms with Crippen molar-refractivity contribution in [2.24, 2.45) is 5.16 Å². The van der Waals surface area contributed by atoms with E-state index in [1.165, 1.54) is 0 Å². The van der Waals surface area contributed by atoms with E-state index in [4.69, 9.17) is 4.84 Å². The second-order valence-electron chi connectivity index (χ2n) is 6.19. The number of benzene rings is 1. The molecule has 0 aliphatic carbocycles. The third kappa shape index (κ3) is 3.87. The van der Waals surface area contributed by atoms with Crippen molar-refractivity contribution >= 4 is 12.1 Å². The molecular weight excluding hydrogens is 342 g/mol. The van der Waals surface area contributed by atoms with Crippen LogP contribution in [0.15, 0.2) is 66.2 Å². The molecular formula is C20H19N5O2. The van der Waals surface area contributed by atoms with Crippen molar-refractivity contribution in [1.82, 2.24) is 19.7 Å². The van der Waals surface area contributed by atoms with Crippen LogP contribution in [0, 0.1) is 0 Å². The highest BCUT2D eigenvalue weighted by atomic mass is 16.6. The van der Waals surface area contributed by atoms with Gasteiger partial charge in [0.05, 0.1) is 35.9 Å². The molecule has 0 fully saturated rings. The fourth-order valence-electron chi connectivity index (χ4n) is 2.95. The maximum Gasteiger partial charge on any atom is 0.257 e. The first kappa shape index (κ1) is 17.0. The molecule has 2 aromatic heterocycles. The fraction of sp³-hybridized carbons (Fsp3) is 0.200. The van der Waals surface area contributed by atoms with Crippen LogP contribution in [0.25, 0.3) is 5.69 Å². The molecule has 0 radical (unpaired) electrons. The molecule has 4 rings (SSSR count). The Labute approximate surface area is 156 Å². The number of nitrogens with zero attached hydrogens (tertiary/aromatic N) is 5. The first-order valence-electron chi connectivity index (χ1n) is 8.77. The molecule has 1 aromatic carbocycles. The van der Waals surface area contributed by atoms with Crippen LogP contribution in [0.5, 0.6) is 0 Å². The van der Waals surface area contributed by atoms with Gasteiger partial charge < -0.3 is 9.74 Å². The number of rotatable bonds is 6. The summed E-state index contributed by atoms with van der Waals surface area (Å²) in [6.45, 7) is 1.43. The monoisotopic (exact) mass is 361 g/mol. The van der Waals surface area contributed by atoms with Gasteiger partial charge in [0.25, 0.3) is 5.91 Å². The first-order valence-corrected chi connectivity index (χ1v) is 8.77. The number of hydrogen-bond acceptors (Lipinski definition) is 5. The number of carbonyl (C=O) groups excluding carboxylic acids is 1. The highest BCUT2D eigenvalue weighted by Gasteiger charge is 2.27. The van der Waals surface area contributed by atoms with Crippen LogP contribution >= 0.6 is 0 Å². The van der Waals surface area contributed by atoms with Gasteiger partial charge in [0.15, 0.2) is 0 Å². The smallest absolute Gasteiger partial charge is 0.257 e. The second-order valence-corrected chi connectivity index (χ2v) is 6.19. The Bertz CT molecular complexity index is 938. The number of amides is 1. The highest BCUT2D eigenvalue weighted by molar-refractivity contribution is 5.97. The Morgan fingerprint density at radius 3 is 2.89 bits per heavy atom. The number of hydrogen-bond donors (Lipinski definition) is 0. The van der Waals surface area contributed by atoms with Crippen molar-refractivity contribution in [1.29, 1.82) is 0 Å². The molecule has 1 aliphatic heterocycles. The van der Waals surface area contributed by atoms with Gasteiger partial charge in [0.1, 0.15) is 6.61 Å². The van der Waals surface area contributed by atoms with E-state index in [9.17, 15) is 4.79 Å². The topological polar surface area (TPSA) is 72.6 Å². The largest absolute Gasteiger partial charge is 0.391 e. The van der Waals surface area contributed by atoms with Crippen LogP contribution in [-0.2, 0) is 17.9 Å². The molecule has 1 amide bonds. The van der Waals surface area contributed by atoms with Gasteiger partial charge in [-0.25, -0.2) is 4.68 Å². The van der Waals surface area contributed by atoms with Crippen molar-refractivity contribution < 1.29 is 9.63 Å². The van der Waals surface area contributed by atoms with E-state index in [0.29, 0.717) is 31.7 Å². The molecule has 7 nitrogen and oxygen atoms in total. The Morgan fingerprint density at radius 2 is 2.07 bits per heavy atom. The Morgan fingerprint density at radius 1 is 1.19 bits per heavy atom. The lowest BCUT2D eigenvalue weighted by atomic mass is 10.1. The Balaban J connectivity index is 1.36. The van der Waals surface area contributed by atoms with Gasteiger partial charge in [0.2, 0.25) is 0 Å². The molecule has 0 saturated carbocycles. The minimum atomic E-state index is -0.0408. The molecule has 3 heterocycles. The summed E-state index contributed by atoms with van der Waals surface area (Å²) in [6, 6.07) is 13.6. The lowest BCUT2D eigenvalue weighted by Gasteiger charge is -2.24. The number of carbonyl (C=O) groups is 1. The third-order valence-electron chi connectivity index (χ3n) is 4.36. The van der Waals surface area contributed by atoms with E-state index in [-0.39, 0.29) is 5.91 Å². The zero-order valence-electron chi connectivity index (χ0n) is 14.7. The minimum Gasteiger partial charge on any atom is -0.391 e. The van der Waals surface area contributed by atoms with Crippen molar-refractivity contribution in [2.45, 2.75) is 13.0 Å². The van der Waals surface area contributed by atoms with Crippen molar-refractivity contribution in [3.63, 3.8) is 0 Å². The maximum absolute atomic E-state index is 12.7. The van der Waals surface area contributed by atoms with E-state index >= 15 is 0 Å². The van der Waals surface area contributed by atoms with Crippen LogP contribution in [-0.4, -0.2) is 44.9 Å². The van der Waals surface area contributed by atoms with Crippen LogP contribution in [0.1, 0.15) is 21.6 Å². The minimum absolute atomic E-state index is 0.0408. The van der Waals surface area contributed by atoms with Crippen LogP contribution in [0.4, 0.5) is 0 Å². The fourth-order valence-corrected chi connectivity index (χ4v) is 2.95. The molecule has 0 unspecified atom stereocenters. The summed E-state index contributed by atoms with van der Waals surface area (Å²) < 4.78 is 1.70. The summed E-state index contributed by atoms with van der Waals surface area (Å²) in [4.78, 5) is 23.8. The predicted octanol–water partition coefficient (Wildman–Crippen LogP) is 2.47. The average Bonchev–Trinajstić information content (AvgIpc) is 3.16. The van der Waals surface area contributed by atoms with Gasteiger partial charge >= 0.3 is 0 Å². The van der Waals surface area contributed by atoms with E-state index in [2.05, 4.69) is 15.2 Å². The molecule has 0 bridgehead atoms. The summed E-state index contributed by atoms with van der Waals surface area (Å²) in [6.07, 6.45) is 7.53. The first-order chi connectivity index (χ1) is 13.3. The standard InChI is InChI=1S/C20H19N5O2/c26-20-18-14-25(17-7-4-9-21-13-17)23-19(18)8-11-24(20)12-10-22-27-15-16-5-2-1-3-6-16/h1-7,9-10,13-14H,8,11-12,15H2. The summed E-state index contributed by atoms with van der Waals surface area (Å²) in [5, 5.41) is 8.48. The van der Waals surface area contributed by atoms with Crippen LogP contribution in [0.3, 0.4) is 0 Å². The van der Waals surface area contributed by atoms with Crippen molar-refractivity contribution in [2.75, 3.05) is 13.1 Å². The van der Waals surface area contributed by atoms with Gasteiger partial charge in [-0.05, 0) is 17.7 Å². The molecule has 0 saturated heterocycles. The Kier molecular flexibility index (Phi) is 4.91. The average molecular weight is 361 g/mol. The lowest BCUT2D eigenvalue weighted by molar-refractivity contribution is 0.0762. The van der Waals surface area contributed by atoms with E-state index < -0.39 is 0 Å². The zero-order chi connectivity index (χ0) is 18.5. The van der Waals surface area contributed by atoms with Gasteiger partial charge in [-0.15, -0.1) is 0 Å². The quantitative estimate of drug-likeness (QED) is 0.499. The molecule has 7 heteroatoms. The summed E-state index contributed by atoms with van der Waals surface area (Å²) in [5.41, 5.74) is 3.33. The lowest BCUT2D eigenvalue weighted by Crippen LogP contribution is -2.38. The Hall–Kier alpha value is -3.48. The van der Waals surface area contributed by atoms with E-state index in [1.807, 2.05) is 42.5 Å². The van der Waals surface area contributed by atoms with E-state index in [0.717, 1.165) is 16.9 Å².